The second-order valence-electron chi connectivity index (χ2n) is 16.1. The van der Waals surface area contributed by atoms with Crippen molar-refractivity contribution < 1.29 is 33.3 Å². The molecule has 1 saturated heterocycles. The van der Waals surface area contributed by atoms with Gasteiger partial charge in [0.25, 0.3) is 0 Å². The van der Waals surface area contributed by atoms with E-state index in [1.807, 2.05) is 0 Å². The van der Waals surface area contributed by atoms with Crippen LogP contribution in [0.25, 0.3) is 0 Å². The molecule has 284 valence electrons. The molecule has 1 heterocycles. The van der Waals surface area contributed by atoms with Crippen LogP contribution in [-0.2, 0) is 28.5 Å². The molecule has 0 amide bonds. The molecule has 4 saturated carbocycles. The SMILES string of the molecule is CCCCC/C=C\C/C=C\CCCCCCCC(=O)OCC(COC(=O)C[C@]12CC3C[C@@H](C[C@H](C3)C1)C2)COC(=O)OCCCN1CCCC1. The highest BCUT2D eigenvalue weighted by molar-refractivity contribution is 5.70. The average molecular weight is 700 g/mol. The average Bonchev–Trinajstić information content (AvgIpc) is 3.61. The van der Waals surface area contributed by atoms with Crippen LogP contribution in [0.4, 0.5) is 4.79 Å². The predicted octanol–water partition coefficient (Wildman–Crippen LogP) is 9.75. The summed E-state index contributed by atoms with van der Waals surface area (Å²) in [7, 11) is 0. The lowest BCUT2D eigenvalue weighted by Crippen LogP contribution is -2.47. The van der Waals surface area contributed by atoms with Crippen molar-refractivity contribution in [3.05, 3.63) is 24.3 Å². The third-order valence-corrected chi connectivity index (χ3v) is 11.5. The lowest BCUT2D eigenvalue weighted by Gasteiger charge is -2.56. The number of unbranched alkanes of at least 4 members (excludes halogenated alkanes) is 8. The monoisotopic (exact) mass is 700 g/mol. The summed E-state index contributed by atoms with van der Waals surface area (Å²) in [5, 5.41) is 0. The molecule has 5 aliphatic rings. The Morgan fingerprint density at radius 1 is 0.680 bits per heavy atom. The lowest BCUT2D eigenvalue weighted by atomic mass is 9.49. The molecule has 5 rings (SSSR count). The van der Waals surface area contributed by atoms with E-state index in [2.05, 4.69) is 36.1 Å². The first kappa shape index (κ1) is 40.4. The number of ether oxygens (including phenoxy) is 4. The van der Waals surface area contributed by atoms with Crippen LogP contribution in [0.3, 0.4) is 0 Å². The third-order valence-electron chi connectivity index (χ3n) is 11.5. The Labute approximate surface area is 303 Å². The summed E-state index contributed by atoms with van der Waals surface area (Å²) < 4.78 is 22.1. The number of allylic oxidation sites excluding steroid dienone is 4. The van der Waals surface area contributed by atoms with E-state index in [4.69, 9.17) is 18.9 Å². The van der Waals surface area contributed by atoms with E-state index in [9.17, 15) is 14.4 Å². The molecule has 8 nitrogen and oxygen atoms in total. The highest BCUT2D eigenvalue weighted by Gasteiger charge is 2.51. The summed E-state index contributed by atoms with van der Waals surface area (Å²) in [6, 6.07) is 0. The first-order valence-electron chi connectivity index (χ1n) is 20.6. The minimum absolute atomic E-state index is 0.0213. The molecule has 0 spiro atoms. The Kier molecular flexibility index (Phi) is 18.8. The van der Waals surface area contributed by atoms with Crippen LogP contribution in [-0.4, -0.2) is 69.1 Å². The van der Waals surface area contributed by atoms with Crippen LogP contribution in [0.1, 0.15) is 148 Å². The lowest BCUT2D eigenvalue weighted by molar-refractivity contribution is -0.155. The molecule has 0 N–H and O–H groups in total. The van der Waals surface area contributed by atoms with Gasteiger partial charge in [-0.3, -0.25) is 9.59 Å². The smallest absolute Gasteiger partial charge is 0.465 e. The van der Waals surface area contributed by atoms with E-state index in [0.717, 1.165) is 102 Å². The summed E-state index contributed by atoms with van der Waals surface area (Å²) in [6.45, 7) is 5.77. The minimum Gasteiger partial charge on any atom is -0.465 e. The van der Waals surface area contributed by atoms with Crippen LogP contribution >= 0.6 is 0 Å². The maximum Gasteiger partial charge on any atom is 0.508 e. The molecule has 1 atom stereocenters. The van der Waals surface area contributed by atoms with Crippen LogP contribution in [0.2, 0.25) is 0 Å². The summed E-state index contributed by atoms with van der Waals surface area (Å²) in [5.74, 6) is 1.45. The van der Waals surface area contributed by atoms with Gasteiger partial charge in [0.05, 0.1) is 18.9 Å². The van der Waals surface area contributed by atoms with E-state index in [1.165, 1.54) is 64.2 Å². The fourth-order valence-electron chi connectivity index (χ4n) is 9.26. The molecule has 0 aromatic rings. The quantitative estimate of drug-likeness (QED) is 0.0382. The maximum atomic E-state index is 13.1. The molecular formula is C42H69NO7. The second kappa shape index (κ2) is 23.3. The van der Waals surface area contributed by atoms with Gasteiger partial charge in [0, 0.05) is 13.0 Å². The fourth-order valence-corrected chi connectivity index (χ4v) is 9.26. The molecule has 0 aromatic heterocycles. The van der Waals surface area contributed by atoms with Gasteiger partial charge in [0.1, 0.15) is 19.8 Å². The number of esters is 2. The van der Waals surface area contributed by atoms with Crippen molar-refractivity contribution in [1.82, 2.24) is 4.90 Å². The topological polar surface area (TPSA) is 91.4 Å². The number of hydrogen-bond acceptors (Lipinski definition) is 8. The Balaban J connectivity index is 1.09. The number of rotatable bonds is 26. The Hall–Kier alpha value is -2.35. The van der Waals surface area contributed by atoms with Crippen molar-refractivity contribution in [2.75, 3.05) is 46.1 Å². The van der Waals surface area contributed by atoms with Crippen LogP contribution in [0.15, 0.2) is 24.3 Å². The second-order valence-corrected chi connectivity index (χ2v) is 16.1. The van der Waals surface area contributed by atoms with Gasteiger partial charge in [0.15, 0.2) is 0 Å². The van der Waals surface area contributed by atoms with Crippen LogP contribution < -0.4 is 0 Å². The summed E-state index contributed by atoms with van der Waals surface area (Å²) in [6.07, 6.45) is 32.3. The Morgan fingerprint density at radius 2 is 1.26 bits per heavy atom. The zero-order valence-electron chi connectivity index (χ0n) is 31.4. The van der Waals surface area contributed by atoms with E-state index >= 15 is 0 Å². The molecule has 4 aliphatic carbocycles. The summed E-state index contributed by atoms with van der Waals surface area (Å²) in [4.78, 5) is 40.4. The van der Waals surface area contributed by atoms with Gasteiger partial charge < -0.3 is 23.8 Å². The molecule has 1 aliphatic heterocycles. The largest absolute Gasteiger partial charge is 0.508 e. The first-order valence-corrected chi connectivity index (χ1v) is 20.6. The van der Waals surface area contributed by atoms with E-state index in [0.29, 0.717) is 19.4 Å². The van der Waals surface area contributed by atoms with E-state index < -0.39 is 12.1 Å². The van der Waals surface area contributed by atoms with Gasteiger partial charge in [-0.15, -0.1) is 0 Å². The van der Waals surface area contributed by atoms with Crippen molar-refractivity contribution in [3.8, 4) is 0 Å². The van der Waals surface area contributed by atoms with Crippen molar-refractivity contribution in [1.29, 1.82) is 0 Å². The standard InChI is InChI=1S/C42H69NO7/c1-2-3-4-5-6-7-8-9-10-11-12-13-14-15-16-20-39(44)48-32-38(34-50-41(46)47-24-19-23-43-21-17-18-22-43)33-49-40(45)31-42-28-35-25-36(29-42)27-37(26-35)30-42/h6-7,9-10,35-38H,2-5,8,11-34H2,1H3/b7-6-,10-9-/t35-,36-,37?,38?,42-/m1/s1. The van der Waals surface area contributed by atoms with Crippen LogP contribution in [0.5, 0.6) is 0 Å². The zero-order chi connectivity index (χ0) is 35.3. The van der Waals surface area contributed by atoms with Gasteiger partial charge in [-0.1, -0.05) is 63.3 Å². The number of likely N-dealkylation sites (tertiary alicyclic amines) is 1. The number of nitrogens with zero attached hydrogens (tertiary/aromatic N) is 1. The van der Waals surface area contributed by atoms with Gasteiger partial charge >= 0.3 is 18.1 Å². The van der Waals surface area contributed by atoms with Crippen molar-refractivity contribution in [2.24, 2.45) is 29.1 Å². The molecule has 5 fully saturated rings. The third kappa shape index (κ3) is 15.9. The predicted molar refractivity (Wildman–Crippen MR) is 198 cm³/mol. The van der Waals surface area contributed by atoms with E-state index in [-0.39, 0.29) is 37.2 Å². The van der Waals surface area contributed by atoms with Gasteiger partial charge in [-0.05, 0) is 133 Å². The molecule has 0 aromatic carbocycles. The molecule has 1 unspecified atom stereocenters. The molecular weight excluding hydrogens is 630 g/mol. The van der Waals surface area contributed by atoms with Gasteiger partial charge in [0.2, 0.25) is 0 Å². The van der Waals surface area contributed by atoms with Crippen molar-refractivity contribution >= 4 is 18.1 Å². The number of carbonyl (C=O) groups excluding carboxylic acids is 3. The normalized spacial score (nSPS) is 25.0. The maximum absolute atomic E-state index is 13.1. The Bertz CT molecular complexity index is 1010. The fraction of sp³-hybridized carbons (Fsp3) is 0.833. The number of hydrogen-bond donors (Lipinski definition) is 0. The van der Waals surface area contributed by atoms with E-state index in [1.54, 1.807) is 0 Å². The van der Waals surface area contributed by atoms with Gasteiger partial charge in [-0.25, -0.2) is 4.79 Å². The molecule has 8 heteroatoms. The Morgan fingerprint density at radius 3 is 1.92 bits per heavy atom. The summed E-state index contributed by atoms with van der Waals surface area (Å²) in [5.41, 5.74) is 0.102. The van der Waals surface area contributed by atoms with Gasteiger partial charge in [-0.2, -0.15) is 0 Å². The molecule has 50 heavy (non-hydrogen) atoms. The van der Waals surface area contributed by atoms with Crippen molar-refractivity contribution in [3.63, 3.8) is 0 Å². The minimum atomic E-state index is -0.729. The highest BCUT2D eigenvalue weighted by Crippen LogP contribution is 2.61. The number of carbonyl (C=O) groups is 3. The summed E-state index contributed by atoms with van der Waals surface area (Å²) >= 11 is 0. The highest BCUT2D eigenvalue weighted by atomic mass is 16.7. The van der Waals surface area contributed by atoms with Crippen molar-refractivity contribution in [2.45, 2.75) is 148 Å². The molecule has 0 radical (unpaired) electrons. The molecule has 4 bridgehead atoms. The van der Waals surface area contributed by atoms with Crippen LogP contribution in [0, 0.1) is 29.1 Å². The zero-order valence-corrected chi connectivity index (χ0v) is 31.4. The first-order chi connectivity index (χ1) is 24.4.